The molecule has 0 unspecified atom stereocenters. The quantitative estimate of drug-likeness (QED) is 0.390. The Bertz CT molecular complexity index is 676. The molecule has 0 aromatic heterocycles. The van der Waals surface area contributed by atoms with Gasteiger partial charge in [-0.3, -0.25) is 9.59 Å². The average molecular weight is 373 g/mol. The number of cyclic esters (lactones) is 1. The van der Waals surface area contributed by atoms with Gasteiger partial charge in [-0.1, -0.05) is 59.2 Å². The summed E-state index contributed by atoms with van der Waals surface area (Å²) in [4.78, 5) is 36.6. The first kappa shape index (κ1) is 22.7. The van der Waals surface area contributed by atoms with Gasteiger partial charge in [0.25, 0.3) is 0 Å². The Morgan fingerprint density at radius 1 is 1.07 bits per heavy atom. The maximum atomic E-state index is 12.8. The zero-order chi connectivity index (χ0) is 20.9. The third kappa shape index (κ3) is 5.34. The van der Waals surface area contributed by atoms with E-state index in [1.807, 2.05) is 27.7 Å². The molecule has 1 rings (SSSR count). The van der Waals surface area contributed by atoms with Gasteiger partial charge in [-0.2, -0.15) is 4.91 Å². The Hall–Kier alpha value is -2.30. The number of carbonyl (C=O) groups is 2. The van der Waals surface area contributed by atoms with Crippen LogP contribution in [0.1, 0.15) is 47.0 Å². The highest BCUT2D eigenvalue weighted by Gasteiger charge is 2.32. The maximum Gasteiger partial charge on any atom is 0.310 e. The van der Waals surface area contributed by atoms with Gasteiger partial charge in [0.05, 0.1) is 6.42 Å². The van der Waals surface area contributed by atoms with Gasteiger partial charge < -0.3 is 4.74 Å². The highest BCUT2D eigenvalue weighted by Crippen LogP contribution is 2.32. The summed E-state index contributed by atoms with van der Waals surface area (Å²) in [6, 6.07) is -0.749. The molecule has 1 aliphatic rings. The molecule has 5 atom stereocenters. The van der Waals surface area contributed by atoms with Crippen molar-refractivity contribution in [1.82, 2.24) is 0 Å². The molecule has 0 aromatic rings. The Morgan fingerprint density at radius 3 is 2.19 bits per heavy atom. The topological polar surface area (TPSA) is 72.8 Å². The van der Waals surface area contributed by atoms with E-state index in [0.29, 0.717) is 35.1 Å². The third-order valence-corrected chi connectivity index (χ3v) is 5.47. The molecule has 0 saturated carbocycles. The van der Waals surface area contributed by atoms with Crippen LogP contribution in [0.25, 0.3) is 0 Å². The molecule has 1 saturated heterocycles. The van der Waals surface area contributed by atoms with Gasteiger partial charge in [0.15, 0.2) is 5.78 Å². The number of rotatable bonds is 2. The Kier molecular flexibility index (Phi) is 8.07. The molecule has 5 heteroatoms. The van der Waals surface area contributed by atoms with E-state index < -0.39 is 18.1 Å². The van der Waals surface area contributed by atoms with E-state index in [2.05, 4.69) is 31.5 Å². The summed E-state index contributed by atoms with van der Waals surface area (Å²) in [6.07, 6.45) is 0.547. The van der Waals surface area contributed by atoms with Crippen LogP contribution in [0.2, 0.25) is 0 Å². The molecule has 0 bridgehead atoms. The second-order valence-corrected chi connectivity index (χ2v) is 7.56. The normalized spacial score (nSPS) is 32.1. The third-order valence-electron chi connectivity index (χ3n) is 5.47. The smallest absolute Gasteiger partial charge is 0.310 e. The van der Waals surface area contributed by atoms with Crippen molar-refractivity contribution < 1.29 is 14.3 Å². The van der Waals surface area contributed by atoms with Crippen LogP contribution in [0.5, 0.6) is 0 Å². The molecule has 5 nitrogen and oxygen atoms in total. The number of nitroso groups, excluding NO2 is 1. The summed E-state index contributed by atoms with van der Waals surface area (Å²) in [5, 5.41) is 3.18. The molecular formula is C22H31NO4. The summed E-state index contributed by atoms with van der Waals surface area (Å²) in [5.41, 5.74) is 1.76. The molecule has 0 amide bonds. The lowest BCUT2D eigenvalue weighted by Crippen LogP contribution is -2.30. The van der Waals surface area contributed by atoms with Gasteiger partial charge >= 0.3 is 5.97 Å². The minimum atomic E-state index is -0.749. The van der Waals surface area contributed by atoms with Crippen LogP contribution in [-0.4, -0.2) is 23.9 Å². The highest BCUT2D eigenvalue weighted by atomic mass is 16.5. The number of hydrogen-bond acceptors (Lipinski definition) is 5. The summed E-state index contributed by atoms with van der Waals surface area (Å²) in [5.74, 6) is -1.37. The molecule has 1 heterocycles. The van der Waals surface area contributed by atoms with Crippen LogP contribution in [0.4, 0.5) is 0 Å². The van der Waals surface area contributed by atoms with E-state index in [4.69, 9.17) is 4.74 Å². The van der Waals surface area contributed by atoms with Crippen LogP contribution in [-0.2, 0) is 14.3 Å². The number of esters is 1. The van der Waals surface area contributed by atoms with E-state index >= 15 is 0 Å². The lowest BCUT2D eigenvalue weighted by atomic mass is 9.80. The molecule has 148 valence electrons. The van der Waals surface area contributed by atoms with Crippen molar-refractivity contribution >= 4 is 11.8 Å². The lowest BCUT2D eigenvalue weighted by molar-refractivity contribution is -0.150. The van der Waals surface area contributed by atoms with Crippen molar-refractivity contribution in [3.63, 3.8) is 0 Å². The van der Waals surface area contributed by atoms with E-state index in [0.717, 1.165) is 0 Å². The maximum absolute atomic E-state index is 12.8. The largest absolute Gasteiger partial charge is 0.461 e. The van der Waals surface area contributed by atoms with Crippen molar-refractivity contribution in [3.8, 4) is 0 Å². The summed E-state index contributed by atoms with van der Waals surface area (Å²) in [6.45, 7) is 23.2. The van der Waals surface area contributed by atoms with E-state index in [9.17, 15) is 14.5 Å². The predicted molar refractivity (Wildman–Crippen MR) is 108 cm³/mol. The first-order valence-electron chi connectivity index (χ1n) is 9.36. The van der Waals surface area contributed by atoms with Crippen molar-refractivity contribution in [1.29, 1.82) is 0 Å². The van der Waals surface area contributed by atoms with E-state index in [1.165, 1.54) is 0 Å². The molecule has 0 spiro atoms. The van der Waals surface area contributed by atoms with Gasteiger partial charge in [-0.15, -0.1) is 0 Å². The minimum Gasteiger partial charge on any atom is -0.461 e. The molecule has 0 aliphatic carbocycles. The zero-order valence-corrected chi connectivity index (χ0v) is 16.9. The number of Topliss-reactive ketones (excluding diaryl/α,β-unsaturated/α-hetero) is 1. The first-order chi connectivity index (χ1) is 12.5. The molecule has 27 heavy (non-hydrogen) atoms. The fraction of sp³-hybridized carbons (Fsp3) is 0.545. The Labute approximate surface area is 162 Å². The average Bonchev–Trinajstić information content (AvgIpc) is 2.63. The fourth-order valence-corrected chi connectivity index (χ4v) is 3.51. The Balaban J connectivity index is 3.28. The predicted octanol–water partition coefficient (Wildman–Crippen LogP) is 4.94. The van der Waals surface area contributed by atoms with Crippen molar-refractivity contribution in [2.45, 2.75) is 59.1 Å². The van der Waals surface area contributed by atoms with Crippen LogP contribution in [0.3, 0.4) is 0 Å². The van der Waals surface area contributed by atoms with Crippen molar-refractivity contribution in [2.24, 2.45) is 22.9 Å². The molecule has 0 N–H and O–H groups in total. The summed E-state index contributed by atoms with van der Waals surface area (Å²) < 4.78 is 5.59. The SMILES string of the molecule is C=C1CC(=O)O[C@H](CC)[C@H](C)C(=C)C(=C)C(=O)[C@H](C)C[C@H](C)[C@H](N=O)C1=C. The zero-order valence-electron chi connectivity index (χ0n) is 16.9. The van der Waals surface area contributed by atoms with E-state index in [1.54, 1.807) is 0 Å². The van der Waals surface area contributed by atoms with Gasteiger partial charge in [0.1, 0.15) is 12.1 Å². The van der Waals surface area contributed by atoms with Gasteiger partial charge in [0, 0.05) is 17.4 Å². The fourth-order valence-electron chi connectivity index (χ4n) is 3.51. The standard InChI is InChI=1S/C22H31NO4/c1-9-19-17(7)16(6)18(8)22(25)14(4)10-13(3)21(23-26)15(5)12(2)11-20(24)27-19/h13-14,17,19,21H,2,5-6,8-11H2,1,3-4,7H3/t13-,14+,17+,19+,21-/m0/s1. The Morgan fingerprint density at radius 2 is 1.67 bits per heavy atom. The summed E-state index contributed by atoms with van der Waals surface area (Å²) >= 11 is 0. The van der Waals surface area contributed by atoms with Gasteiger partial charge in [-0.05, 0) is 35.5 Å². The molecule has 0 aromatic carbocycles. The van der Waals surface area contributed by atoms with Gasteiger partial charge in [0.2, 0.25) is 0 Å². The lowest BCUT2D eigenvalue weighted by Gasteiger charge is -2.29. The second-order valence-electron chi connectivity index (χ2n) is 7.56. The molecule has 1 aliphatic heterocycles. The van der Waals surface area contributed by atoms with Crippen LogP contribution in [0, 0.1) is 22.7 Å². The highest BCUT2D eigenvalue weighted by molar-refractivity contribution is 6.00. The number of allylic oxidation sites excluding steroid dienone is 1. The van der Waals surface area contributed by atoms with Crippen molar-refractivity contribution in [3.05, 3.63) is 53.5 Å². The molecular weight excluding hydrogens is 342 g/mol. The molecule has 1 fully saturated rings. The first-order valence-corrected chi connectivity index (χ1v) is 9.36. The number of ether oxygens (including phenoxy) is 1. The monoisotopic (exact) mass is 373 g/mol. The second kappa shape index (κ2) is 9.58. The minimum absolute atomic E-state index is 0.0529. The van der Waals surface area contributed by atoms with E-state index in [-0.39, 0.29) is 30.0 Å². The number of nitrogens with zero attached hydrogens (tertiary/aromatic N) is 1. The molecule has 0 radical (unpaired) electrons. The van der Waals surface area contributed by atoms with Crippen LogP contribution in [0.15, 0.2) is 53.8 Å². The number of hydrogen-bond donors (Lipinski definition) is 0. The van der Waals surface area contributed by atoms with Gasteiger partial charge in [-0.25, -0.2) is 0 Å². The van der Waals surface area contributed by atoms with Crippen molar-refractivity contribution in [2.75, 3.05) is 0 Å². The number of ketones is 1. The summed E-state index contributed by atoms with van der Waals surface area (Å²) in [7, 11) is 0. The number of carbonyl (C=O) groups excluding carboxylic acids is 2. The van der Waals surface area contributed by atoms with Crippen LogP contribution < -0.4 is 0 Å². The van der Waals surface area contributed by atoms with Crippen LogP contribution >= 0.6 is 0 Å².